The van der Waals surface area contributed by atoms with Crippen molar-refractivity contribution in [1.29, 1.82) is 0 Å². The summed E-state index contributed by atoms with van der Waals surface area (Å²) in [6.45, 7) is 8.94. The van der Waals surface area contributed by atoms with Gasteiger partial charge in [-0.15, -0.1) is 0 Å². The highest BCUT2D eigenvalue weighted by Gasteiger charge is 2.32. The Kier molecular flexibility index (Phi) is 7.22. The van der Waals surface area contributed by atoms with E-state index in [1.165, 1.54) is 30.2 Å². The van der Waals surface area contributed by atoms with Gasteiger partial charge >= 0.3 is 0 Å². The quantitative estimate of drug-likeness (QED) is 0.657. The third-order valence-corrected chi connectivity index (χ3v) is 9.07. The van der Waals surface area contributed by atoms with Gasteiger partial charge < -0.3 is 14.8 Å². The van der Waals surface area contributed by atoms with Gasteiger partial charge in [-0.05, 0) is 83.3 Å². The summed E-state index contributed by atoms with van der Waals surface area (Å²) >= 11 is 0. The molecule has 7 nitrogen and oxygen atoms in total. The second kappa shape index (κ2) is 9.93. The largest absolute Gasteiger partial charge is 0.356 e. The number of aryl methyl sites for hydroxylation is 1. The lowest BCUT2D eigenvalue weighted by Gasteiger charge is -2.31. The molecule has 0 spiro atoms. The number of nitrogens with zero attached hydrogens (tertiary/aromatic N) is 3. The fraction of sp³-hybridized carbons (Fsp3) is 0.625. The van der Waals surface area contributed by atoms with Crippen molar-refractivity contribution in [3.8, 4) is 0 Å². The second-order valence-corrected chi connectivity index (χ2v) is 11.1. The number of likely N-dealkylation sites (tertiary alicyclic amines) is 1. The Morgan fingerprint density at radius 3 is 2.53 bits per heavy atom. The standard InChI is InChI=1S/C24H36N4O3S/c1-3-26-15-9-21-18-22(6-7-23(21)26)32(30,31)28-16-10-20(11-17-28)24(29)25-12-8-19(2)27-13-4-5-14-27/h6-7,9,15,18-20H,3-5,8,10-14,16-17H2,1-2H3,(H,25,29). The summed E-state index contributed by atoms with van der Waals surface area (Å²) in [5, 5.41) is 4.02. The number of fused-ring (bicyclic) bond motifs is 1. The van der Waals surface area contributed by atoms with Gasteiger partial charge in [0.1, 0.15) is 0 Å². The van der Waals surface area contributed by atoms with Crippen LogP contribution in [-0.4, -0.2) is 66.9 Å². The van der Waals surface area contributed by atoms with Gasteiger partial charge in [-0.2, -0.15) is 4.31 Å². The highest BCUT2D eigenvalue weighted by atomic mass is 32.2. The molecule has 1 unspecified atom stereocenters. The molecule has 3 heterocycles. The number of hydrogen-bond donors (Lipinski definition) is 1. The molecule has 0 radical (unpaired) electrons. The number of nitrogens with one attached hydrogen (secondary N) is 1. The Balaban J connectivity index is 1.29. The van der Waals surface area contributed by atoms with Crippen molar-refractivity contribution >= 4 is 26.8 Å². The number of benzene rings is 1. The van der Waals surface area contributed by atoms with Crippen molar-refractivity contribution in [2.24, 2.45) is 5.92 Å². The van der Waals surface area contributed by atoms with Crippen molar-refractivity contribution in [3.05, 3.63) is 30.5 Å². The molecule has 2 aliphatic heterocycles. The molecule has 2 fully saturated rings. The van der Waals surface area contributed by atoms with E-state index in [1.807, 2.05) is 18.3 Å². The molecule has 8 heteroatoms. The first kappa shape index (κ1) is 23.3. The van der Waals surface area contributed by atoms with Gasteiger partial charge in [0.2, 0.25) is 15.9 Å². The highest BCUT2D eigenvalue weighted by Crippen LogP contribution is 2.27. The van der Waals surface area contributed by atoms with Crippen molar-refractivity contribution in [2.75, 3.05) is 32.7 Å². The summed E-state index contributed by atoms with van der Waals surface area (Å²) in [6.07, 6.45) is 6.63. The van der Waals surface area contributed by atoms with Gasteiger partial charge in [0.05, 0.1) is 4.90 Å². The number of carbonyl (C=O) groups is 1. The van der Waals surface area contributed by atoms with Crippen LogP contribution in [0, 0.1) is 5.92 Å². The van der Waals surface area contributed by atoms with Gasteiger partial charge in [0.25, 0.3) is 0 Å². The summed E-state index contributed by atoms with van der Waals surface area (Å²) in [7, 11) is -3.55. The first-order chi connectivity index (χ1) is 15.4. The predicted molar refractivity (Wildman–Crippen MR) is 127 cm³/mol. The van der Waals surface area contributed by atoms with E-state index in [4.69, 9.17) is 0 Å². The minimum Gasteiger partial charge on any atom is -0.356 e. The Labute approximate surface area is 191 Å². The summed E-state index contributed by atoms with van der Waals surface area (Å²) in [5.41, 5.74) is 1.04. The molecule has 0 bridgehead atoms. The monoisotopic (exact) mass is 460 g/mol. The maximum Gasteiger partial charge on any atom is 0.243 e. The summed E-state index contributed by atoms with van der Waals surface area (Å²) in [6, 6.07) is 7.80. The molecule has 1 aromatic carbocycles. The average molecular weight is 461 g/mol. The molecular formula is C24H36N4O3S. The van der Waals surface area contributed by atoms with Crippen molar-refractivity contribution in [2.45, 2.75) is 63.4 Å². The molecule has 1 amide bonds. The molecule has 1 N–H and O–H groups in total. The lowest BCUT2D eigenvalue weighted by molar-refractivity contribution is -0.126. The first-order valence-corrected chi connectivity index (χ1v) is 13.4. The lowest BCUT2D eigenvalue weighted by Crippen LogP contribution is -2.43. The lowest BCUT2D eigenvalue weighted by atomic mass is 9.97. The molecule has 0 aliphatic carbocycles. The predicted octanol–water partition coefficient (Wildman–Crippen LogP) is 3.05. The summed E-state index contributed by atoms with van der Waals surface area (Å²) in [5.74, 6) is -0.0393. The van der Waals surface area contributed by atoms with E-state index in [0.29, 0.717) is 43.4 Å². The van der Waals surface area contributed by atoms with E-state index in [0.717, 1.165) is 23.9 Å². The molecule has 2 aromatic rings. The van der Waals surface area contributed by atoms with Crippen LogP contribution in [0.15, 0.2) is 35.4 Å². The zero-order valence-corrected chi connectivity index (χ0v) is 20.1. The molecule has 2 saturated heterocycles. The molecule has 4 rings (SSSR count). The maximum atomic E-state index is 13.2. The van der Waals surface area contributed by atoms with Crippen LogP contribution < -0.4 is 5.32 Å². The fourth-order valence-electron chi connectivity index (χ4n) is 5.04. The first-order valence-electron chi connectivity index (χ1n) is 12.0. The highest BCUT2D eigenvalue weighted by molar-refractivity contribution is 7.89. The van der Waals surface area contributed by atoms with Gasteiger partial charge in [0, 0.05) is 55.2 Å². The molecule has 1 atom stereocenters. The van der Waals surface area contributed by atoms with E-state index < -0.39 is 10.0 Å². The Hall–Kier alpha value is -1.90. The van der Waals surface area contributed by atoms with Crippen LogP contribution in [0.25, 0.3) is 10.9 Å². The Morgan fingerprint density at radius 2 is 1.84 bits per heavy atom. The van der Waals surface area contributed by atoms with E-state index in [9.17, 15) is 13.2 Å². The van der Waals surface area contributed by atoms with Gasteiger partial charge in [-0.3, -0.25) is 4.79 Å². The number of piperidine rings is 1. The minimum absolute atomic E-state index is 0.0676. The Bertz CT molecular complexity index is 1030. The Morgan fingerprint density at radius 1 is 1.12 bits per heavy atom. The molecule has 176 valence electrons. The van der Waals surface area contributed by atoms with Gasteiger partial charge in [-0.1, -0.05) is 0 Å². The maximum absolute atomic E-state index is 13.2. The van der Waals surface area contributed by atoms with Crippen LogP contribution in [0.2, 0.25) is 0 Å². The zero-order chi connectivity index (χ0) is 22.7. The molecular weight excluding hydrogens is 424 g/mol. The van der Waals surface area contributed by atoms with E-state index in [1.54, 1.807) is 12.1 Å². The number of carbonyl (C=O) groups excluding carboxylic acids is 1. The van der Waals surface area contributed by atoms with Crippen LogP contribution >= 0.6 is 0 Å². The van der Waals surface area contributed by atoms with Crippen molar-refractivity contribution < 1.29 is 13.2 Å². The fourth-order valence-corrected chi connectivity index (χ4v) is 6.54. The van der Waals surface area contributed by atoms with Crippen LogP contribution in [0.4, 0.5) is 0 Å². The SMILES string of the molecule is CCn1ccc2cc(S(=O)(=O)N3CCC(C(=O)NCCC(C)N4CCCC4)CC3)ccc21. The number of hydrogen-bond acceptors (Lipinski definition) is 4. The smallest absolute Gasteiger partial charge is 0.243 e. The molecule has 32 heavy (non-hydrogen) atoms. The second-order valence-electron chi connectivity index (χ2n) is 9.17. The molecule has 1 aromatic heterocycles. The number of sulfonamides is 1. The van der Waals surface area contributed by atoms with Crippen molar-refractivity contribution in [3.63, 3.8) is 0 Å². The van der Waals surface area contributed by atoms with Gasteiger partial charge in [-0.25, -0.2) is 8.42 Å². The van der Waals surface area contributed by atoms with Gasteiger partial charge in [0.15, 0.2) is 0 Å². The normalized spacial score (nSPS) is 20.1. The summed E-state index contributed by atoms with van der Waals surface area (Å²) < 4.78 is 30.0. The van der Waals surface area contributed by atoms with Crippen LogP contribution in [0.5, 0.6) is 0 Å². The van der Waals surface area contributed by atoms with Crippen molar-refractivity contribution in [1.82, 2.24) is 19.1 Å². The van der Waals surface area contributed by atoms with Crippen LogP contribution in [0.3, 0.4) is 0 Å². The van der Waals surface area contributed by atoms with E-state index in [-0.39, 0.29) is 11.8 Å². The average Bonchev–Trinajstić information content (AvgIpc) is 3.48. The van der Waals surface area contributed by atoms with E-state index >= 15 is 0 Å². The minimum atomic E-state index is -3.55. The third-order valence-electron chi connectivity index (χ3n) is 7.17. The zero-order valence-electron chi connectivity index (χ0n) is 19.3. The molecule has 0 saturated carbocycles. The topological polar surface area (TPSA) is 74.6 Å². The third kappa shape index (κ3) is 4.87. The summed E-state index contributed by atoms with van der Waals surface area (Å²) in [4.78, 5) is 15.4. The number of amides is 1. The van der Waals surface area contributed by atoms with Crippen LogP contribution in [0.1, 0.15) is 46.0 Å². The van der Waals surface area contributed by atoms with Crippen LogP contribution in [-0.2, 0) is 21.4 Å². The number of rotatable bonds is 8. The van der Waals surface area contributed by atoms with E-state index in [2.05, 4.69) is 28.6 Å². The number of aromatic nitrogens is 1. The molecule has 2 aliphatic rings.